The van der Waals surface area contributed by atoms with Crippen LogP contribution in [0.2, 0.25) is 5.02 Å². The maximum atomic E-state index is 12.0. The summed E-state index contributed by atoms with van der Waals surface area (Å²) < 4.78 is 6.77. The Morgan fingerprint density at radius 3 is 2.79 bits per heavy atom. The van der Waals surface area contributed by atoms with Crippen LogP contribution in [-0.4, -0.2) is 24.1 Å². The predicted molar refractivity (Wildman–Crippen MR) is 96.1 cm³/mol. The lowest BCUT2D eigenvalue weighted by Crippen LogP contribution is -2.21. The third-order valence-electron chi connectivity index (χ3n) is 3.44. The zero-order valence-electron chi connectivity index (χ0n) is 13.6. The zero-order valence-corrected chi connectivity index (χ0v) is 14.4. The first-order valence-corrected chi connectivity index (χ1v) is 7.99. The monoisotopic (exact) mass is 349 g/mol. The Hall–Kier alpha value is -2.47. The van der Waals surface area contributed by atoms with Crippen LogP contribution in [0, 0.1) is 0 Å². The van der Waals surface area contributed by atoms with Gasteiger partial charge in [0.05, 0.1) is 18.5 Å². The van der Waals surface area contributed by atoms with Crippen LogP contribution in [0.3, 0.4) is 0 Å². The fourth-order valence-corrected chi connectivity index (χ4v) is 2.38. The average molecular weight is 350 g/mol. The van der Waals surface area contributed by atoms with Gasteiger partial charge in [0.2, 0.25) is 5.91 Å². The van der Waals surface area contributed by atoms with Gasteiger partial charge in [-0.05, 0) is 31.2 Å². The van der Waals surface area contributed by atoms with Gasteiger partial charge >= 0.3 is 0 Å². The molecule has 1 aromatic carbocycles. The smallest absolute Gasteiger partial charge is 0.250 e. The number of nitrogens with one attached hydrogen (secondary N) is 2. The van der Waals surface area contributed by atoms with Crippen LogP contribution in [0.25, 0.3) is 0 Å². The van der Waals surface area contributed by atoms with Gasteiger partial charge in [0.1, 0.15) is 5.75 Å². The zero-order chi connectivity index (χ0) is 17.5. The molecule has 1 amide bonds. The summed E-state index contributed by atoms with van der Waals surface area (Å²) in [5, 5.41) is 6.49. The molecule has 0 saturated heterocycles. The largest absolute Gasteiger partial charge is 0.495 e. The molecular weight excluding hydrogens is 330 g/mol. The fourth-order valence-electron chi connectivity index (χ4n) is 2.20. The van der Waals surface area contributed by atoms with Crippen molar-refractivity contribution < 1.29 is 9.53 Å². The standard InChI is InChI=1S/C17H20ClN3O3/c1-3-21-11-13(5-7-17(21)23)20-16(22)8-9-19-14-10-12(18)4-6-15(14)24-2/h4-7,10-11,19H,3,8-9H2,1-2H3,(H,20,22). The van der Waals surface area contributed by atoms with Gasteiger partial charge in [-0.15, -0.1) is 0 Å². The van der Waals surface area contributed by atoms with Crippen molar-refractivity contribution in [3.63, 3.8) is 0 Å². The summed E-state index contributed by atoms with van der Waals surface area (Å²) in [4.78, 5) is 23.5. The topological polar surface area (TPSA) is 72.4 Å². The summed E-state index contributed by atoms with van der Waals surface area (Å²) >= 11 is 5.96. The number of pyridine rings is 1. The van der Waals surface area contributed by atoms with Crippen molar-refractivity contribution in [2.24, 2.45) is 0 Å². The van der Waals surface area contributed by atoms with Crippen molar-refractivity contribution in [1.82, 2.24) is 4.57 Å². The number of hydrogen-bond donors (Lipinski definition) is 2. The summed E-state index contributed by atoms with van der Waals surface area (Å²) in [5.41, 5.74) is 1.24. The van der Waals surface area contributed by atoms with E-state index in [0.717, 1.165) is 5.69 Å². The second-order valence-corrected chi connectivity index (χ2v) is 5.55. The van der Waals surface area contributed by atoms with E-state index in [1.54, 1.807) is 37.6 Å². The molecular formula is C17H20ClN3O3. The number of anilines is 2. The highest BCUT2D eigenvalue weighted by Gasteiger charge is 2.06. The molecule has 24 heavy (non-hydrogen) atoms. The van der Waals surface area contributed by atoms with Crippen LogP contribution in [0.4, 0.5) is 11.4 Å². The Labute approximate surface area is 145 Å². The van der Waals surface area contributed by atoms with Crippen LogP contribution in [0.15, 0.2) is 41.3 Å². The number of methoxy groups -OCH3 is 1. The molecule has 0 unspecified atom stereocenters. The highest BCUT2D eigenvalue weighted by Crippen LogP contribution is 2.27. The maximum absolute atomic E-state index is 12.0. The molecule has 0 aliphatic carbocycles. The molecule has 6 nitrogen and oxygen atoms in total. The number of carbonyl (C=O) groups excluding carboxylic acids is 1. The number of hydrogen-bond acceptors (Lipinski definition) is 4. The molecule has 2 N–H and O–H groups in total. The van der Waals surface area contributed by atoms with Crippen molar-refractivity contribution in [2.45, 2.75) is 19.9 Å². The first-order chi connectivity index (χ1) is 11.5. The summed E-state index contributed by atoms with van der Waals surface area (Å²) in [6, 6.07) is 8.28. The lowest BCUT2D eigenvalue weighted by Gasteiger charge is -2.12. The molecule has 0 saturated carbocycles. The Balaban J connectivity index is 1.90. The Morgan fingerprint density at radius 1 is 1.29 bits per heavy atom. The molecule has 0 spiro atoms. The summed E-state index contributed by atoms with van der Waals surface area (Å²) in [6.07, 6.45) is 1.90. The van der Waals surface area contributed by atoms with Crippen LogP contribution in [-0.2, 0) is 11.3 Å². The van der Waals surface area contributed by atoms with Crippen LogP contribution >= 0.6 is 11.6 Å². The summed E-state index contributed by atoms with van der Waals surface area (Å²) in [6.45, 7) is 2.85. The number of amides is 1. The van der Waals surface area contributed by atoms with Gasteiger partial charge in [-0.25, -0.2) is 0 Å². The number of benzene rings is 1. The molecule has 2 rings (SSSR count). The van der Waals surface area contributed by atoms with Crippen molar-refractivity contribution >= 4 is 28.9 Å². The van der Waals surface area contributed by atoms with Gasteiger partial charge < -0.3 is 19.9 Å². The lowest BCUT2D eigenvalue weighted by molar-refractivity contribution is -0.115. The van der Waals surface area contributed by atoms with Crippen LogP contribution < -0.4 is 20.9 Å². The van der Waals surface area contributed by atoms with Gasteiger partial charge in [0, 0.05) is 36.8 Å². The van der Waals surface area contributed by atoms with E-state index in [1.807, 2.05) is 6.92 Å². The Bertz CT molecular complexity index is 774. The van der Waals surface area contributed by atoms with Gasteiger partial charge in [0.15, 0.2) is 0 Å². The number of nitrogens with zero attached hydrogens (tertiary/aromatic N) is 1. The van der Waals surface area contributed by atoms with Crippen LogP contribution in [0.1, 0.15) is 13.3 Å². The maximum Gasteiger partial charge on any atom is 0.250 e. The van der Waals surface area contributed by atoms with Crippen molar-refractivity contribution in [1.29, 1.82) is 0 Å². The lowest BCUT2D eigenvalue weighted by atomic mass is 10.2. The van der Waals surface area contributed by atoms with Crippen molar-refractivity contribution in [3.8, 4) is 5.75 Å². The number of halogens is 1. The second-order valence-electron chi connectivity index (χ2n) is 5.11. The van der Waals surface area contributed by atoms with Gasteiger partial charge in [-0.2, -0.15) is 0 Å². The number of aromatic nitrogens is 1. The van der Waals surface area contributed by atoms with Crippen molar-refractivity contribution in [3.05, 3.63) is 51.9 Å². The molecule has 0 bridgehead atoms. The fraction of sp³-hybridized carbons (Fsp3) is 0.294. The Morgan fingerprint density at radius 2 is 2.08 bits per heavy atom. The quantitative estimate of drug-likeness (QED) is 0.806. The number of aryl methyl sites for hydroxylation is 1. The molecule has 0 aliphatic heterocycles. The number of ether oxygens (including phenoxy) is 1. The number of rotatable bonds is 7. The van der Waals surface area contributed by atoms with Gasteiger partial charge in [-0.3, -0.25) is 9.59 Å². The van der Waals surface area contributed by atoms with E-state index in [9.17, 15) is 9.59 Å². The number of carbonyl (C=O) groups is 1. The molecule has 0 atom stereocenters. The van der Waals surface area contributed by atoms with Crippen molar-refractivity contribution in [2.75, 3.05) is 24.3 Å². The van der Waals surface area contributed by atoms with E-state index >= 15 is 0 Å². The van der Waals surface area contributed by atoms with Crippen LogP contribution in [0.5, 0.6) is 5.75 Å². The van der Waals surface area contributed by atoms with E-state index in [2.05, 4.69) is 10.6 Å². The molecule has 7 heteroatoms. The molecule has 1 aromatic heterocycles. The molecule has 0 aliphatic rings. The minimum Gasteiger partial charge on any atom is -0.495 e. The molecule has 1 heterocycles. The second kappa shape index (κ2) is 8.40. The van der Waals surface area contributed by atoms with Gasteiger partial charge in [-0.1, -0.05) is 11.6 Å². The minimum absolute atomic E-state index is 0.0924. The first-order valence-electron chi connectivity index (χ1n) is 7.61. The van der Waals surface area contributed by atoms with Gasteiger partial charge in [0.25, 0.3) is 5.56 Å². The normalized spacial score (nSPS) is 10.3. The van der Waals surface area contributed by atoms with E-state index in [4.69, 9.17) is 16.3 Å². The first kappa shape index (κ1) is 17.9. The third-order valence-corrected chi connectivity index (χ3v) is 3.67. The highest BCUT2D eigenvalue weighted by atomic mass is 35.5. The van der Waals surface area contributed by atoms with E-state index < -0.39 is 0 Å². The minimum atomic E-state index is -0.148. The predicted octanol–water partition coefficient (Wildman–Crippen LogP) is 2.97. The molecule has 128 valence electrons. The molecule has 0 fully saturated rings. The summed E-state index contributed by atoms with van der Waals surface area (Å²) in [7, 11) is 1.57. The molecule has 2 aromatic rings. The summed E-state index contributed by atoms with van der Waals surface area (Å²) in [5.74, 6) is 0.514. The molecule has 0 radical (unpaired) electrons. The van der Waals surface area contributed by atoms with E-state index in [1.165, 1.54) is 10.6 Å². The SMILES string of the molecule is CCn1cc(NC(=O)CCNc2cc(Cl)ccc2OC)ccc1=O. The highest BCUT2D eigenvalue weighted by molar-refractivity contribution is 6.30. The van der Waals surface area contributed by atoms with E-state index in [-0.39, 0.29) is 17.9 Å². The van der Waals surface area contributed by atoms with E-state index in [0.29, 0.717) is 29.5 Å². The third kappa shape index (κ3) is 4.76. The Kier molecular flexibility index (Phi) is 6.26. The average Bonchev–Trinajstić information content (AvgIpc) is 2.57.